The standard InChI is InChI=1S/C16H21N3O2/c1-11(2)10-17-14(20)8-9-15-18-16(19-21-15)13-6-4-12(3)5-7-13/h4-7,11H,8-10H2,1-3H3,(H,17,20). The van der Waals surface area contributed by atoms with Gasteiger partial charge in [-0.3, -0.25) is 4.79 Å². The summed E-state index contributed by atoms with van der Waals surface area (Å²) in [5.74, 6) is 1.52. The maximum absolute atomic E-state index is 11.6. The molecule has 1 aromatic heterocycles. The molecule has 112 valence electrons. The van der Waals surface area contributed by atoms with Crippen molar-refractivity contribution in [2.24, 2.45) is 5.92 Å². The van der Waals surface area contributed by atoms with Gasteiger partial charge in [-0.2, -0.15) is 4.98 Å². The molecule has 2 rings (SSSR count). The lowest BCUT2D eigenvalue weighted by atomic mass is 10.1. The zero-order valence-electron chi connectivity index (χ0n) is 12.7. The van der Waals surface area contributed by atoms with E-state index in [0.717, 1.165) is 5.56 Å². The van der Waals surface area contributed by atoms with E-state index >= 15 is 0 Å². The largest absolute Gasteiger partial charge is 0.356 e. The van der Waals surface area contributed by atoms with E-state index in [2.05, 4.69) is 29.3 Å². The van der Waals surface area contributed by atoms with Crippen LogP contribution in [-0.4, -0.2) is 22.6 Å². The zero-order valence-corrected chi connectivity index (χ0v) is 12.7. The highest BCUT2D eigenvalue weighted by molar-refractivity contribution is 5.76. The molecule has 0 saturated carbocycles. The van der Waals surface area contributed by atoms with E-state index in [1.807, 2.05) is 31.2 Å². The second-order valence-corrected chi connectivity index (χ2v) is 5.58. The molecule has 5 nitrogen and oxygen atoms in total. The van der Waals surface area contributed by atoms with Gasteiger partial charge in [0.2, 0.25) is 17.6 Å². The van der Waals surface area contributed by atoms with E-state index in [-0.39, 0.29) is 5.91 Å². The van der Waals surface area contributed by atoms with Crippen LogP contribution in [0, 0.1) is 12.8 Å². The predicted molar refractivity (Wildman–Crippen MR) is 80.6 cm³/mol. The fourth-order valence-electron chi connectivity index (χ4n) is 1.80. The van der Waals surface area contributed by atoms with Gasteiger partial charge in [-0.15, -0.1) is 0 Å². The van der Waals surface area contributed by atoms with E-state index in [0.29, 0.717) is 37.0 Å². The summed E-state index contributed by atoms with van der Waals surface area (Å²) in [4.78, 5) is 16.0. The topological polar surface area (TPSA) is 68.0 Å². The Morgan fingerprint density at radius 1 is 1.29 bits per heavy atom. The van der Waals surface area contributed by atoms with E-state index < -0.39 is 0 Å². The molecule has 0 atom stereocenters. The van der Waals surface area contributed by atoms with Crippen LogP contribution in [-0.2, 0) is 11.2 Å². The lowest BCUT2D eigenvalue weighted by molar-refractivity contribution is -0.121. The molecule has 2 aromatic rings. The summed E-state index contributed by atoms with van der Waals surface area (Å²) in [6.45, 7) is 6.84. The van der Waals surface area contributed by atoms with Gasteiger partial charge in [0.25, 0.3) is 0 Å². The number of rotatable bonds is 6. The molecule has 5 heteroatoms. The number of nitrogens with zero attached hydrogens (tertiary/aromatic N) is 2. The fourth-order valence-corrected chi connectivity index (χ4v) is 1.80. The van der Waals surface area contributed by atoms with Crippen LogP contribution in [0.1, 0.15) is 31.7 Å². The maximum atomic E-state index is 11.6. The maximum Gasteiger partial charge on any atom is 0.227 e. The fraction of sp³-hybridized carbons (Fsp3) is 0.438. The first kappa shape index (κ1) is 15.2. The summed E-state index contributed by atoms with van der Waals surface area (Å²) < 4.78 is 5.18. The second kappa shape index (κ2) is 7.02. The highest BCUT2D eigenvalue weighted by Gasteiger charge is 2.10. The normalized spacial score (nSPS) is 10.9. The van der Waals surface area contributed by atoms with Gasteiger partial charge in [0, 0.05) is 24.9 Å². The lowest BCUT2D eigenvalue weighted by Crippen LogP contribution is -2.27. The van der Waals surface area contributed by atoms with E-state index in [9.17, 15) is 4.79 Å². The van der Waals surface area contributed by atoms with Crippen LogP contribution in [0.5, 0.6) is 0 Å². The summed E-state index contributed by atoms with van der Waals surface area (Å²) >= 11 is 0. The van der Waals surface area contributed by atoms with Crippen molar-refractivity contribution in [3.05, 3.63) is 35.7 Å². The number of aromatic nitrogens is 2. The van der Waals surface area contributed by atoms with Crippen molar-refractivity contribution >= 4 is 5.91 Å². The number of carbonyl (C=O) groups excluding carboxylic acids is 1. The zero-order chi connectivity index (χ0) is 15.2. The molecule has 1 aromatic carbocycles. The smallest absolute Gasteiger partial charge is 0.227 e. The third-order valence-corrected chi connectivity index (χ3v) is 3.05. The van der Waals surface area contributed by atoms with E-state index in [1.165, 1.54) is 5.56 Å². The molecule has 1 amide bonds. The van der Waals surface area contributed by atoms with Crippen molar-refractivity contribution in [3.8, 4) is 11.4 Å². The molecular formula is C16H21N3O2. The number of aryl methyl sites for hydroxylation is 2. The Balaban J connectivity index is 1.88. The Bertz CT molecular complexity index is 588. The Hall–Kier alpha value is -2.17. The van der Waals surface area contributed by atoms with Crippen LogP contribution in [0.4, 0.5) is 0 Å². The van der Waals surface area contributed by atoms with E-state index in [1.54, 1.807) is 0 Å². The van der Waals surface area contributed by atoms with Gasteiger partial charge in [-0.05, 0) is 12.8 Å². The van der Waals surface area contributed by atoms with Crippen LogP contribution in [0.25, 0.3) is 11.4 Å². The average Bonchev–Trinajstić information content (AvgIpc) is 2.92. The van der Waals surface area contributed by atoms with Gasteiger partial charge >= 0.3 is 0 Å². The van der Waals surface area contributed by atoms with E-state index in [4.69, 9.17) is 4.52 Å². The SMILES string of the molecule is Cc1ccc(-c2noc(CCC(=O)NCC(C)C)n2)cc1. The molecule has 0 spiro atoms. The molecule has 0 radical (unpaired) electrons. The van der Waals surface area contributed by atoms with Crippen LogP contribution in [0.3, 0.4) is 0 Å². The summed E-state index contributed by atoms with van der Waals surface area (Å²) in [5, 5.41) is 6.82. The Labute approximate surface area is 124 Å². The van der Waals surface area contributed by atoms with Crippen molar-refractivity contribution in [1.29, 1.82) is 0 Å². The third-order valence-electron chi connectivity index (χ3n) is 3.05. The van der Waals surface area contributed by atoms with Crippen molar-refractivity contribution in [1.82, 2.24) is 15.5 Å². The lowest BCUT2D eigenvalue weighted by Gasteiger charge is -2.06. The Morgan fingerprint density at radius 3 is 2.67 bits per heavy atom. The first-order chi connectivity index (χ1) is 10.0. The highest BCUT2D eigenvalue weighted by Crippen LogP contribution is 2.16. The quantitative estimate of drug-likeness (QED) is 0.887. The van der Waals surface area contributed by atoms with Gasteiger partial charge in [-0.25, -0.2) is 0 Å². The molecule has 0 saturated heterocycles. The van der Waals surface area contributed by atoms with Crippen molar-refractivity contribution in [2.75, 3.05) is 6.54 Å². The Kier molecular flexibility index (Phi) is 5.09. The van der Waals surface area contributed by atoms with Crippen molar-refractivity contribution in [3.63, 3.8) is 0 Å². The minimum Gasteiger partial charge on any atom is -0.356 e. The van der Waals surface area contributed by atoms with Gasteiger partial charge in [0.15, 0.2) is 0 Å². The van der Waals surface area contributed by atoms with Crippen LogP contribution in [0.2, 0.25) is 0 Å². The number of nitrogens with one attached hydrogen (secondary N) is 1. The molecular weight excluding hydrogens is 266 g/mol. The minimum atomic E-state index is 0.0128. The van der Waals surface area contributed by atoms with Crippen LogP contribution < -0.4 is 5.32 Å². The first-order valence-electron chi connectivity index (χ1n) is 7.21. The number of amides is 1. The predicted octanol–water partition coefficient (Wildman–Crippen LogP) is 2.75. The molecule has 0 aliphatic carbocycles. The molecule has 1 heterocycles. The minimum absolute atomic E-state index is 0.0128. The molecule has 0 unspecified atom stereocenters. The van der Waals surface area contributed by atoms with Crippen molar-refractivity contribution in [2.45, 2.75) is 33.6 Å². The first-order valence-corrected chi connectivity index (χ1v) is 7.21. The highest BCUT2D eigenvalue weighted by atomic mass is 16.5. The molecule has 21 heavy (non-hydrogen) atoms. The molecule has 0 fully saturated rings. The molecule has 0 bridgehead atoms. The number of hydrogen-bond acceptors (Lipinski definition) is 4. The Morgan fingerprint density at radius 2 is 2.00 bits per heavy atom. The second-order valence-electron chi connectivity index (χ2n) is 5.58. The van der Waals surface area contributed by atoms with Gasteiger partial charge in [0.1, 0.15) is 0 Å². The monoisotopic (exact) mass is 287 g/mol. The summed E-state index contributed by atoms with van der Waals surface area (Å²) in [6.07, 6.45) is 0.824. The molecule has 0 aliphatic heterocycles. The van der Waals surface area contributed by atoms with Crippen molar-refractivity contribution < 1.29 is 9.32 Å². The summed E-state index contributed by atoms with van der Waals surface area (Å²) in [5.41, 5.74) is 2.10. The summed E-state index contributed by atoms with van der Waals surface area (Å²) in [6, 6.07) is 7.92. The van der Waals surface area contributed by atoms with Crippen LogP contribution >= 0.6 is 0 Å². The van der Waals surface area contributed by atoms with Gasteiger partial charge in [0.05, 0.1) is 0 Å². The molecule has 1 N–H and O–H groups in total. The summed E-state index contributed by atoms with van der Waals surface area (Å²) in [7, 11) is 0. The number of carbonyl (C=O) groups is 1. The number of benzene rings is 1. The van der Waals surface area contributed by atoms with Gasteiger partial charge < -0.3 is 9.84 Å². The third kappa shape index (κ3) is 4.70. The average molecular weight is 287 g/mol. The number of hydrogen-bond donors (Lipinski definition) is 1. The molecule has 0 aliphatic rings. The van der Waals surface area contributed by atoms with Crippen LogP contribution in [0.15, 0.2) is 28.8 Å². The van der Waals surface area contributed by atoms with Gasteiger partial charge in [-0.1, -0.05) is 48.8 Å².